The van der Waals surface area contributed by atoms with Crippen LogP contribution in [0.25, 0.3) is 0 Å². The average Bonchev–Trinajstić information content (AvgIpc) is 2.73. The van der Waals surface area contributed by atoms with Gasteiger partial charge in [-0.2, -0.15) is 0 Å². The molecule has 1 aromatic rings. The molecule has 0 bridgehead atoms. The Kier molecular flexibility index (Phi) is 3.76. The highest BCUT2D eigenvalue weighted by Crippen LogP contribution is 2.33. The Bertz CT molecular complexity index is 437. The molecule has 0 amide bonds. The van der Waals surface area contributed by atoms with Crippen molar-refractivity contribution < 1.29 is 9.90 Å². The number of carbonyl (C=O) groups excluding carboxylic acids is 1. The van der Waals surface area contributed by atoms with Crippen molar-refractivity contribution in [2.24, 2.45) is 0 Å². The average molecular weight is 273 g/mol. The number of hydrogen-bond acceptors (Lipinski definition) is 2. The Morgan fingerprint density at radius 2 is 1.94 bits per heavy atom. The van der Waals surface area contributed by atoms with Crippen LogP contribution >= 0.6 is 23.2 Å². The van der Waals surface area contributed by atoms with Crippen molar-refractivity contribution in [1.29, 1.82) is 0 Å². The summed E-state index contributed by atoms with van der Waals surface area (Å²) in [7, 11) is 0. The lowest BCUT2D eigenvalue weighted by Gasteiger charge is -2.20. The Hall–Kier alpha value is -0.570. The van der Waals surface area contributed by atoms with E-state index in [1.807, 2.05) is 0 Å². The monoisotopic (exact) mass is 272 g/mol. The molecule has 2 nitrogen and oxygen atoms in total. The first-order chi connectivity index (χ1) is 8.03. The van der Waals surface area contributed by atoms with E-state index in [1.54, 1.807) is 18.2 Å². The third-order valence-electron chi connectivity index (χ3n) is 3.33. The van der Waals surface area contributed by atoms with E-state index in [2.05, 4.69) is 0 Å². The van der Waals surface area contributed by atoms with Crippen molar-refractivity contribution in [2.75, 3.05) is 0 Å². The molecule has 4 heteroatoms. The van der Waals surface area contributed by atoms with Gasteiger partial charge >= 0.3 is 0 Å². The lowest BCUT2D eigenvalue weighted by Crippen LogP contribution is -2.36. The van der Waals surface area contributed by atoms with Gasteiger partial charge in [-0.1, -0.05) is 35.3 Å². The Morgan fingerprint density at radius 1 is 1.29 bits per heavy atom. The van der Waals surface area contributed by atoms with Crippen LogP contribution in [0.2, 0.25) is 10.0 Å². The normalized spacial score (nSPS) is 18.3. The van der Waals surface area contributed by atoms with Gasteiger partial charge in [-0.3, -0.25) is 4.79 Å². The zero-order valence-electron chi connectivity index (χ0n) is 9.38. The Morgan fingerprint density at radius 3 is 2.59 bits per heavy atom. The molecule has 1 N–H and O–H groups in total. The Labute approximate surface area is 111 Å². The van der Waals surface area contributed by atoms with Crippen LogP contribution in [0, 0.1) is 0 Å². The molecule has 1 aliphatic carbocycles. The predicted octanol–water partition coefficient (Wildman–Crippen LogP) is 3.41. The maximum Gasteiger partial charge on any atom is 0.168 e. The van der Waals surface area contributed by atoms with Crippen LogP contribution in [0.3, 0.4) is 0 Å². The summed E-state index contributed by atoms with van der Waals surface area (Å²) in [5.41, 5.74) is -0.462. The van der Waals surface area contributed by atoms with E-state index in [0.717, 1.165) is 12.8 Å². The number of halogens is 2. The fourth-order valence-electron chi connectivity index (χ4n) is 2.26. The molecule has 2 rings (SSSR count). The number of carbonyl (C=O) groups is 1. The van der Waals surface area contributed by atoms with Crippen molar-refractivity contribution in [3.8, 4) is 0 Å². The smallest absolute Gasteiger partial charge is 0.168 e. The van der Waals surface area contributed by atoms with Gasteiger partial charge in [-0.05, 0) is 37.3 Å². The number of ketones is 1. The SMILES string of the molecule is O=C(Cc1cccc(Cl)c1Cl)C1(O)CCCC1. The summed E-state index contributed by atoms with van der Waals surface area (Å²) in [6, 6.07) is 5.21. The summed E-state index contributed by atoms with van der Waals surface area (Å²) >= 11 is 11.9. The summed E-state index contributed by atoms with van der Waals surface area (Å²) in [4.78, 5) is 12.0. The summed E-state index contributed by atoms with van der Waals surface area (Å²) in [6.45, 7) is 0. The number of benzene rings is 1. The number of rotatable bonds is 3. The molecule has 1 fully saturated rings. The molecule has 1 aromatic carbocycles. The number of Topliss-reactive ketones (excluding diaryl/α,β-unsaturated/α-hetero) is 1. The van der Waals surface area contributed by atoms with E-state index in [1.165, 1.54) is 0 Å². The number of aliphatic hydroxyl groups is 1. The molecule has 0 aliphatic heterocycles. The summed E-state index contributed by atoms with van der Waals surface area (Å²) < 4.78 is 0. The second kappa shape index (κ2) is 4.97. The zero-order chi connectivity index (χ0) is 12.5. The second-order valence-corrected chi connectivity index (χ2v) is 5.34. The molecule has 1 saturated carbocycles. The molecule has 0 heterocycles. The van der Waals surface area contributed by atoms with Gasteiger partial charge in [0, 0.05) is 6.42 Å². The van der Waals surface area contributed by atoms with E-state index in [0.29, 0.717) is 28.5 Å². The zero-order valence-corrected chi connectivity index (χ0v) is 10.9. The topological polar surface area (TPSA) is 37.3 Å². The highest BCUT2D eigenvalue weighted by atomic mass is 35.5. The predicted molar refractivity (Wildman–Crippen MR) is 68.6 cm³/mol. The van der Waals surface area contributed by atoms with E-state index < -0.39 is 5.60 Å². The molecular weight excluding hydrogens is 259 g/mol. The van der Waals surface area contributed by atoms with Gasteiger partial charge in [0.05, 0.1) is 10.0 Å². The number of hydrogen-bond donors (Lipinski definition) is 1. The van der Waals surface area contributed by atoms with Crippen molar-refractivity contribution in [3.63, 3.8) is 0 Å². The van der Waals surface area contributed by atoms with Gasteiger partial charge in [0.2, 0.25) is 0 Å². The molecule has 0 spiro atoms. The minimum absolute atomic E-state index is 0.149. The van der Waals surface area contributed by atoms with Crippen LogP contribution in [0.15, 0.2) is 18.2 Å². The Balaban J connectivity index is 2.16. The highest BCUT2D eigenvalue weighted by Gasteiger charge is 2.38. The van der Waals surface area contributed by atoms with Gasteiger partial charge in [-0.15, -0.1) is 0 Å². The van der Waals surface area contributed by atoms with Crippen molar-refractivity contribution in [3.05, 3.63) is 33.8 Å². The van der Waals surface area contributed by atoms with E-state index in [9.17, 15) is 9.90 Å². The largest absolute Gasteiger partial charge is 0.382 e. The summed E-state index contributed by atoms with van der Waals surface area (Å²) in [5.74, 6) is -0.154. The van der Waals surface area contributed by atoms with Crippen LogP contribution in [0.4, 0.5) is 0 Å². The molecule has 92 valence electrons. The van der Waals surface area contributed by atoms with Crippen LogP contribution in [0.1, 0.15) is 31.2 Å². The first kappa shape index (κ1) is 12.9. The van der Waals surface area contributed by atoms with Crippen molar-refractivity contribution >= 4 is 29.0 Å². The molecule has 1 aliphatic rings. The van der Waals surface area contributed by atoms with Crippen LogP contribution < -0.4 is 0 Å². The minimum Gasteiger partial charge on any atom is -0.382 e. The van der Waals surface area contributed by atoms with Crippen LogP contribution in [-0.2, 0) is 11.2 Å². The second-order valence-electron chi connectivity index (χ2n) is 4.55. The molecular formula is C13H14Cl2O2. The fourth-order valence-corrected chi connectivity index (χ4v) is 2.65. The fraction of sp³-hybridized carbons (Fsp3) is 0.462. The quantitative estimate of drug-likeness (QED) is 0.916. The lowest BCUT2D eigenvalue weighted by molar-refractivity contribution is -0.136. The lowest BCUT2D eigenvalue weighted by atomic mass is 9.92. The molecule has 0 saturated heterocycles. The van der Waals surface area contributed by atoms with Crippen LogP contribution in [-0.4, -0.2) is 16.5 Å². The third-order valence-corrected chi connectivity index (χ3v) is 4.19. The molecule has 0 radical (unpaired) electrons. The maximum atomic E-state index is 12.0. The molecule has 0 aromatic heterocycles. The first-order valence-corrected chi connectivity index (χ1v) is 6.47. The maximum absolute atomic E-state index is 12.0. The molecule has 0 unspecified atom stereocenters. The van der Waals surface area contributed by atoms with Gasteiger partial charge in [-0.25, -0.2) is 0 Å². The standard InChI is InChI=1S/C13H14Cl2O2/c14-10-5-3-4-9(12(10)15)8-11(16)13(17)6-1-2-7-13/h3-5,17H,1-2,6-8H2. The van der Waals surface area contributed by atoms with E-state index in [-0.39, 0.29) is 12.2 Å². The van der Waals surface area contributed by atoms with Gasteiger partial charge in [0.1, 0.15) is 5.60 Å². The van der Waals surface area contributed by atoms with Gasteiger partial charge in [0.15, 0.2) is 5.78 Å². The third kappa shape index (κ3) is 2.65. The van der Waals surface area contributed by atoms with Crippen LogP contribution in [0.5, 0.6) is 0 Å². The summed E-state index contributed by atoms with van der Waals surface area (Å²) in [5, 5.41) is 11.0. The van der Waals surface area contributed by atoms with E-state index >= 15 is 0 Å². The van der Waals surface area contributed by atoms with Crippen molar-refractivity contribution in [1.82, 2.24) is 0 Å². The first-order valence-electron chi connectivity index (χ1n) is 5.71. The summed E-state index contributed by atoms with van der Waals surface area (Å²) in [6.07, 6.45) is 3.08. The van der Waals surface area contributed by atoms with Gasteiger partial charge in [0.25, 0.3) is 0 Å². The minimum atomic E-state index is -1.15. The molecule has 17 heavy (non-hydrogen) atoms. The molecule has 0 atom stereocenters. The van der Waals surface area contributed by atoms with Gasteiger partial charge < -0.3 is 5.11 Å². The van der Waals surface area contributed by atoms with E-state index in [4.69, 9.17) is 23.2 Å². The highest BCUT2D eigenvalue weighted by molar-refractivity contribution is 6.42. The van der Waals surface area contributed by atoms with Crippen molar-refractivity contribution in [2.45, 2.75) is 37.7 Å².